The lowest BCUT2D eigenvalue weighted by atomic mass is 9.88. The van der Waals surface area contributed by atoms with Crippen molar-refractivity contribution >= 4 is 5.91 Å². The van der Waals surface area contributed by atoms with Gasteiger partial charge in [0.15, 0.2) is 0 Å². The number of rotatable bonds is 8. The number of carbonyl (C=O) groups is 1. The molecule has 28 heavy (non-hydrogen) atoms. The van der Waals surface area contributed by atoms with Crippen LogP contribution in [0.15, 0.2) is 54.6 Å². The third-order valence-electron chi connectivity index (χ3n) is 4.70. The van der Waals surface area contributed by atoms with E-state index in [1.54, 1.807) is 18.2 Å². The van der Waals surface area contributed by atoms with Gasteiger partial charge in [0.05, 0.1) is 0 Å². The van der Waals surface area contributed by atoms with Crippen LogP contribution >= 0.6 is 0 Å². The van der Waals surface area contributed by atoms with E-state index in [1.165, 1.54) is 6.07 Å². The molecule has 1 N–H and O–H groups in total. The van der Waals surface area contributed by atoms with Gasteiger partial charge in [0.25, 0.3) is 0 Å². The Bertz CT molecular complexity index is 923. The van der Waals surface area contributed by atoms with Crippen LogP contribution in [0.4, 0.5) is 4.39 Å². The maximum Gasteiger partial charge on any atom is 0.220 e. The molecule has 0 spiro atoms. The molecule has 2 aromatic carbocycles. The maximum absolute atomic E-state index is 14.4. The molecule has 0 radical (unpaired) electrons. The Labute approximate surface area is 164 Å². The van der Waals surface area contributed by atoms with Crippen LogP contribution in [0.1, 0.15) is 41.5 Å². The van der Waals surface area contributed by atoms with Gasteiger partial charge in [-0.25, -0.2) is 9.37 Å². The van der Waals surface area contributed by atoms with Crippen molar-refractivity contribution in [2.45, 2.75) is 39.2 Å². The average Bonchev–Trinajstić information content (AvgIpc) is 3.02. The van der Waals surface area contributed by atoms with Crippen molar-refractivity contribution in [3.05, 3.63) is 83.2 Å². The van der Waals surface area contributed by atoms with Crippen molar-refractivity contribution in [2.24, 2.45) is 0 Å². The summed E-state index contributed by atoms with van der Waals surface area (Å²) in [6.07, 6.45) is 0.956. The Morgan fingerprint density at radius 3 is 2.50 bits per heavy atom. The third kappa shape index (κ3) is 5.03. The summed E-state index contributed by atoms with van der Waals surface area (Å²) in [7, 11) is 0. The molecular weight excluding hydrogens is 355 g/mol. The number of nitrogens with one attached hydrogen (secondary N) is 1. The average molecular weight is 380 g/mol. The second-order valence-electron chi connectivity index (χ2n) is 6.82. The number of aryl methyl sites for hydroxylation is 3. The van der Waals surface area contributed by atoms with Crippen molar-refractivity contribution in [3.63, 3.8) is 0 Å². The van der Waals surface area contributed by atoms with Crippen LogP contribution in [-0.2, 0) is 11.3 Å². The number of aromatic nitrogens is 3. The lowest BCUT2D eigenvalue weighted by molar-refractivity contribution is -0.121. The highest BCUT2D eigenvalue weighted by Crippen LogP contribution is 2.29. The van der Waals surface area contributed by atoms with E-state index in [4.69, 9.17) is 0 Å². The summed E-state index contributed by atoms with van der Waals surface area (Å²) in [4.78, 5) is 16.8. The van der Waals surface area contributed by atoms with E-state index in [0.29, 0.717) is 18.7 Å². The zero-order chi connectivity index (χ0) is 19.9. The summed E-state index contributed by atoms with van der Waals surface area (Å²) in [5.74, 6) is 0.914. The smallest absolute Gasteiger partial charge is 0.220 e. The van der Waals surface area contributed by atoms with Crippen LogP contribution in [0.5, 0.6) is 0 Å². The molecule has 0 aliphatic carbocycles. The molecule has 5 nitrogen and oxygen atoms in total. The van der Waals surface area contributed by atoms with Crippen LogP contribution < -0.4 is 5.32 Å². The van der Waals surface area contributed by atoms with Gasteiger partial charge in [0.1, 0.15) is 17.5 Å². The van der Waals surface area contributed by atoms with E-state index in [1.807, 2.05) is 48.9 Å². The number of nitrogens with zero attached hydrogens (tertiary/aromatic N) is 3. The first-order valence-electron chi connectivity index (χ1n) is 9.48. The number of hydrogen-bond acceptors (Lipinski definition) is 3. The third-order valence-corrected chi connectivity index (χ3v) is 4.70. The fraction of sp³-hybridized carbons (Fsp3) is 0.318. The molecule has 0 aliphatic rings. The Morgan fingerprint density at radius 2 is 1.82 bits per heavy atom. The van der Waals surface area contributed by atoms with Gasteiger partial charge in [0, 0.05) is 25.4 Å². The van der Waals surface area contributed by atoms with Crippen molar-refractivity contribution in [1.29, 1.82) is 0 Å². The van der Waals surface area contributed by atoms with Gasteiger partial charge < -0.3 is 5.32 Å². The normalized spacial score (nSPS) is 12.0. The van der Waals surface area contributed by atoms with Crippen LogP contribution in [0.2, 0.25) is 0 Å². The lowest BCUT2D eigenvalue weighted by Gasteiger charge is -2.18. The molecular formula is C22H25FN4O. The first-order valence-corrected chi connectivity index (χ1v) is 9.48. The fourth-order valence-electron chi connectivity index (χ4n) is 3.34. The van der Waals surface area contributed by atoms with Gasteiger partial charge >= 0.3 is 0 Å². The summed E-state index contributed by atoms with van der Waals surface area (Å²) in [5, 5.41) is 7.26. The zero-order valence-electron chi connectivity index (χ0n) is 16.2. The van der Waals surface area contributed by atoms with Gasteiger partial charge in [-0.2, -0.15) is 5.10 Å². The monoisotopic (exact) mass is 380 g/mol. The second kappa shape index (κ2) is 9.26. The van der Waals surface area contributed by atoms with E-state index in [2.05, 4.69) is 15.4 Å². The number of benzene rings is 2. The van der Waals surface area contributed by atoms with Gasteiger partial charge in [-0.3, -0.25) is 9.48 Å². The second-order valence-corrected chi connectivity index (χ2v) is 6.82. The summed E-state index contributed by atoms with van der Waals surface area (Å²) < 4.78 is 16.2. The van der Waals surface area contributed by atoms with Crippen LogP contribution in [-0.4, -0.2) is 27.2 Å². The number of halogens is 1. The van der Waals surface area contributed by atoms with E-state index < -0.39 is 0 Å². The van der Waals surface area contributed by atoms with E-state index in [9.17, 15) is 9.18 Å². The Hall–Kier alpha value is -3.02. The minimum Gasteiger partial charge on any atom is -0.356 e. The first-order chi connectivity index (χ1) is 13.5. The predicted molar refractivity (Wildman–Crippen MR) is 106 cm³/mol. The standard InChI is InChI=1S/C22H25FN4O/c1-16-25-17(2)27(26-16)14-8-13-24-22(28)15-20(18-9-4-3-5-10-18)19-11-6-7-12-21(19)23/h3-7,9-12,20H,8,13-15H2,1-2H3,(H,24,28)/t20-/m0/s1. The maximum atomic E-state index is 14.4. The molecule has 0 bridgehead atoms. The molecule has 0 aliphatic heterocycles. The topological polar surface area (TPSA) is 59.8 Å². The van der Waals surface area contributed by atoms with E-state index >= 15 is 0 Å². The summed E-state index contributed by atoms with van der Waals surface area (Å²) in [6, 6.07) is 16.2. The van der Waals surface area contributed by atoms with Crippen molar-refractivity contribution in [3.8, 4) is 0 Å². The number of hydrogen-bond donors (Lipinski definition) is 1. The molecule has 3 rings (SSSR count). The summed E-state index contributed by atoms with van der Waals surface area (Å²) in [5.41, 5.74) is 1.47. The summed E-state index contributed by atoms with van der Waals surface area (Å²) >= 11 is 0. The van der Waals surface area contributed by atoms with Gasteiger partial charge in [-0.15, -0.1) is 0 Å². The Morgan fingerprint density at radius 1 is 1.11 bits per heavy atom. The molecule has 1 atom stereocenters. The zero-order valence-corrected chi connectivity index (χ0v) is 16.2. The number of carbonyl (C=O) groups excluding carboxylic acids is 1. The van der Waals surface area contributed by atoms with E-state index in [0.717, 1.165) is 23.6 Å². The molecule has 1 aromatic heterocycles. The summed E-state index contributed by atoms with van der Waals surface area (Å²) in [6.45, 7) is 5.01. The number of amides is 1. The highest BCUT2D eigenvalue weighted by Gasteiger charge is 2.20. The molecule has 0 unspecified atom stereocenters. The molecule has 0 fully saturated rings. The Kier molecular flexibility index (Phi) is 6.53. The van der Waals surface area contributed by atoms with Gasteiger partial charge in [-0.05, 0) is 37.5 Å². The van der Waals surface area contributed by atoms with Crippen LogP contribution in [0.25, 0.3) is 0 Å². The van der Waals surface area contributed by atoms with E-state index in [-0.39, 0.29) is 24.1 Å². The predicted octanol–water partition coefficient (Wildman–Crippen LogP) is 3.76. The van der Waals surface area contributed by atoms with Crippen LogP contribution in [0, 0.1) is 19.7 Å². The minimum absolute atomic E-state index is 0.0939. The van der Waals surface area contributed by atoms with Gasteiger partial charge in [-0.1, -0.05) is 48.5 Å². The molecule has 1 amide bonds. The van der Waals surface area contributed by atoms with Crippen LogP contribution in [0.3, 0.4) is 0 Å². The van der Waals surface area contributed by atoms with Crippen molar-refractivity contribution in [2.75, 3.05) is 6.54 Å². The fourth-order valence-corrected chi connectivity index (χ4v) is 3.34. The molecule has 1 heterocycles. The van der Waals surface area contributed by atoms with Crippen molar-refractivity contribution < 1.29 is 9.18 Å². The molecule has 0 saturated heterocycles. The lowest BCUT2D eigenvalue weighted by Crippen LogP contribution is -2.27. The van der Waals surface area contributed by atoms with Crippen molar-refractivity contribution in [1.82, 2.24) is 20.1 Å². The molecule has 0 saturated carbocycles. The van der Waals surface area contributed by atoms with Gasteiger partial charge in [0.2, 0.25) is 5.91 Å². The highest BCUT2D eigenvalue weighted by molar-refractivity contribution is 5.77. The molecule has 6 heteroatoms. The quantitative estimate of drug-likeness (QED) is 0.605. The minimum atomic E-state index is -0.317. The molecule has 146 valence electrons. The first kappa shape index (κ1) is 19.7. The largest absolute Gasteiger partial charge is 0.356 e. The SMILES string of the molecule is Cc1nc(C)n(CCCNC(=O)C[C@@H](c2ccccc2)c2ccccc2F)n1. The molecule has 3 aromatic rings. The highest BCUT2D eigenvalue weighted by atomic mass is 19.1. The Balaban J connectivity index is 1.60.